The quantitative estimate of drug-likeness (QED) is 0.133. The largest absolute Gasteiger partial charge is 0.308 e. The third kappa shape index (κ3) is 2.24. The van der Waals surface area contributed by atoms with E-state index >= 15 is 0 Å². The van der Waals surface area contributed by atoms with E-state index in [1.54, 1.807) is 0 Å². The van der Waals surface area contributed by atoms with Gasteiger partial charge in [-0.2, -0.15) is 0 Å². The summed E-state index contributed by atoms with van der Waals surface area (Å²) in [5.41, 5.74) is 0. The summed E-state index contributed by atoms with van der Waals surface area (Å²) >= 11 is 8.79. The van der Waals surface area contributed by atoms with E-state index in [4.69, 9.17) is 0 Å². The number of hydrogen-bond donors (Lipinski definition) is 0. The Morgan fingerprint density at radius 1 is 0.720 bits per heavy atom. The number of benzene rings is 1. The van der Waals surface area contributed by atoms with Gasteiger partial charge in [0.25, 0.3) is 0 Å². The first kappa shape index (κ1) is 17.9. The van der Waals surface area contributed by atoms with Crippen LogP contribution in [0.25, 0.3) is 9.75 Å². The molecule has 0 saturated carbocycles. The number of rotatable bonds is 1. The molecule has 0 atom stereocenters. The zero-order valence-electron chi connectivity index (χ0n) is 11.5. The van der Waals surface area contributed by atoms with Crippen LogP contribution >= 0.6 is 61.7 Å². The van der Waals surface area contributed by atoms with Crippen LogP contribution in [-0.2, 0) is 4.57 Å². The fourth-order valence-corrected chi connectivity index (χ4v) is 10.5. The molecule has 0 amide bonds. The molecule has 3 heterocycles. The van der Waals surface area contributed by atoms with Crippen LogP contribution in [0.2, 0.25) is 0 Å². The second-order valence-corrected chi connectivity index (χ2v) is 12.5. The molecule has 3 aromatic rings. The van der Waals surface area contributed by atoms with Crippen LogP contribution in [0.4, 0.5) is 22.0 Å². The predicted octanol–water partition coefficient (Wildman–Crippen LogP) is 5.65. The van der Waals surface area contributed by atoms with E-state index in [1.165, 1.54) is 34.8 Å². The lowest BCUT2D eigenvalue weighted by atomic mass is 10.3. The van der Waals surface area contributed by atoms with Crippen molar-refractivity contribution in [2.75, 3.05) is 0 Å². The molecule has 0 fully saturated rings. The number of halogens is 7. The maximum atomic E-state index is 14.4. The Morgan fingerprint density at radius 2 is 1.08 bits per heavy atom. The molecule has 0 spiro atoms. The minimum absolute atomic E-state index is 0.0707. The molecule has 0 bridgehead atoms. The zero-order valence-corrected chi connectivity index (χ0v) is 17.2. The van der Waals surface area contributed by atoms with Gasteiger partial charge in [0.2, 0.25) is 5.82 Å². The van der Waals surface area contributed by atoms with Gasteiger partial charge >= 0.3 is 0 Å². The number of hydrogen-bond acceptors (Lipinski definition) is 3. The highest BCUT2D eigenvalue weighted by molar-refractivity contribution is 9.11. The maximum Gasteiger partial charge on any atom is 0.200 e. The van der Waals surface area contributed by atoms with Crippen molar-refractivity contribution in [3.63, 3.8) is 0 Å². The third-order valence-electron chi connectivity index (χ3n) is 3.75. The summed E-state index contributed by atoms with van der Waals surface area (Å²) in [4.78, 5) is 0.981. The van der Waals surface area contributed by atoms with E-state index in [-0.39, 0.29) is 10.6 Å². The van der Waals surface area contributed by atoms with Gasteiger partial charge in [-0.25, -0.2) is 22.0 Å². The predicted molar refractivity (Wildman–Crippen MR) is 95.8 cm³/mol. The fraction of sp³-hybridized carbons (Fsp3) is 0. The van der Waals surface area contributed by atoms with Crippen LogP contribution in [-0.4, -0.2) is 0 Å². The van der Waals surface area contributed by atoms with E-state index in [0.29, 0.717) is 17.3 Å². The van der Waals surface area contributed by atoms with Crippen molar-refractivity contribution < 1.29 is 26.5 Å². The average molecular weight is 536 g/mol. The van der Waals surface area contributed by atoms with Gasteiger partial charge in [0.15, 0.2) is 30.4 Å². The van der Waals surface area contributed by atoms with Crippen molar-refractivity contribution in [3.05, 3.63) is 48.8 Å². The normalized spacial score (nSPS) is 14.7. The summed E-state index contributed by atoms with van der Waals surface area (Å²) in [7, 11) is -4.25. The SMILES string of the molecule is O=P1(c2c(F)c(F)c(F)c(F)c2F)c2cc(Br)sc2-c2sc(Br)cc21. The summed E-state index contributed by atoms with van der Waals surface area (Å²) in [5, 5.41) is -1.14. The fourth-order valence-electron chi connectivity index (χ4n) is 2.74. The Kier molecular flexibility index (Phi) is 4.09. The molecule has 4 rings (SSSR count). The van der Waals surface area contributed by atoms with Gasteiger partial charge in [-0.15, -0.1) is 22.7 Å². The van der Waals surface area contributed by atoms with Crippen molar-refractivity contribution in [2.24, 2.45) is 0 Å². The molecule has 0 saturated heterocycles. The van der Waals surface area contributed by atoms with Crippen LogP contribution in [0.5, 0.6) is 0 Å². The van der Waals surface area contributed by atoms with Gasteiger partial charge in [-0.3, -0.25) is 0 Å². The average Bonchev–Trinajstić information content (AvgIpc) is 3.18. The van der Waals surface area contributed by atoms with Gasteiger partial charge < -0.3 is 4.57 Å². The molecular formula is C14H2Br2F5OPS2. The summed E-state index contributed by atoms with van der Waals surface area (Å²) in [5.74, 6) is -10.6. The summed E-state index contributed by atoms with van der Waals surface area (Å²) in [6.45, 7) is 0. The molecule has 0 N–H and O–H groups in total. The lowest BCUT2D eigenvalue weighted by Gasteiger charge is -2.16. The zero-order chi connectivity index (χ0) is 18.3. The monoisotopic (exact) mass is 534 g/mol. The molecule has 25 heavy (non-hydrogen) atoms. The summed E-state index contributed by atoms with van der Waals surface area (Å²) < 4.78 is 84.4. The topological polar surface area (TPSA) is 17.1 Å². The summed E-state index contributed by atoms with van der Waals surface area (Å²) in [6, 6.07) is 2.80. The van der Waals surface area contributed by atoms with Gasteiger partial charge in [0, 0.05) is 10.6 Å². The van der Waals surface area contributed by atoms with E-state index in [2.05, 4.69) is 31.9 Å². The van der Waals surface area contributed by atoms with Gasteiger partial charge in [-0.1, -0.05) is 0 Å². The second kappa shape index (κ2) is 5.73. The molecule has 2 aromatic heterocycles. The lowest BCUT2D eigenvalue weighted by molar-refractivity contribution is 0.384. The van der Waals surface area contributed by atoms with E-state index in [0.717, 1.165) is 0 Å². The van der Waals surface area contributed by atoms with Crippen LogP contribution in [0.3, 0.4) is 0 Å². The van der Waals surface area contributed by atoms with Crippen LogP contribution in [0.15, 0.2) is 19.7 Å². The van der Waals surface area contributed by atoms with Gasteiger partial charge in [0.05, 0.1) is 22.6 Å². The van der Waals surface area contributed by atoms with E-state index in [9.17, 15) is 26.5 Å². The van der Waals surface area contributed by atoms with Crippen molar-refractivity contribution in [1.29, 1.82) is 0 Å². The van der Waals surface area contributed by atoms with E-state index < -0.39 is 41.5 Å². The Hall–Kier alpha value is -0.540. The molecule has 130 valence electrons. The Balaban J connectivity index is 2.18. The van der Waals surface area contributed by atoms with Gasteiger partial charge in [-0.05, 0) is 44.0 Å². The van der Waals surface area contributed by atoms with Crippen molar-refractivity contribution in [3.8, 4) is 9.75 Å². The van der Waals surface area contributed by atoms with Crippen molar-refractivity contribution >= 4 is 77.6 Å². The Labute approximate surface area is 162 Å². The summed E-state index contributed by atoms with van der Waals surface area (Å²) in [6.07, 6.45) is 0. The molecule has 1 aromatic carbocycles. The first-order chi connectivity index (χ1) is 11.7. The highest BCUT2D eigenvalue weighted by atomic mass is 79.9. The lowest BCUT2D eigenvalue weighted by Crippen LogP contribution is -2.28. The minimum atomic E-state index is -4.25. The minimum Gasteiger partial charge on any atom is -0.308 e. The molecule has 0 radical (unpaired) electrons. The third-order valence-corrected chi connectivity index (χ3v) is 10.6. The molecule has 0 unspecified atom stereocenters. The molecule has 1 aliphatic rings. The molecular weight excluding hydrogens is 534 g/mol. The number of thiophene rings is 2. The highest BCUT2D eigenvalue weighted by Crippen LogP contribution is 2.58. The molecule has 0 aliphatic carbocycles. The van der Waals surface area contributed by atoms with Crippen LogP contribution < -0.4 is 15.9 Å². The molecule has 11 heteroatoms. The van der Waals surface area contributed by atoms with E-state index in [1.807, 2.05) is 0 Å². The first-order valence-corrected chi connectivity index (χ1v) is 11.3. The second-order valence-electron chi connectivity index (χ2n) is 5.06. The number of fused-ring (bicyclic) bond motifs is 3. The Morgan fingerprint density at radius 3 is 1.48 bits per heavy atom. The first-order valence-electron chi connectivity index (χ1n) is 6.40. The van der Waals surface area contributed by atoms with Gasteiger partial charge in [0.1, 0.15) is 0 Å². The van der Waals surface area contributed by atoms with Crippen LogP contribution in [0, 0.1) is 29.1 Å². The smallest absolute Gasteiger partial charge is 0.200 e. The molecule has 1 nitrogen and oxygen atoms in total. The van der Waals surface area contributed by atoms with Crippen molar-refractivity contribution in [2.45, 2.75) is 0 Å². The highest BCUT2D eigenvalue weighted by Gasteiger charge is 2.48. The van der Waals surface area contributed by atoms with Crippen LogP contribution in [0.1, 0.15) is 0 Å². The molecule has 1 aliphatic heterocycles. The van der Waals surface area contributed by atoms with Crippen molar-refractivity contribution in [1.82, 2.24) is 0 Å². The maximum absolute atomic E-state index is 14.4. The Bertz CT molecular complexity index is 1040. The standard InChI is InChI=1S/C14H2Br2F5OPS2/c15-5-1-3-13(24-5)14-4(2-6(16)25-14)23(3,22)12-10(20)8(18)7(17)9(19)11(12)21/h1-2H.